The summed E-state index contributed by atoms with van der Waals surface area (Å²) in [7, 11) is 1.61. The minimum atomic E-state index is -0.290. The molecule has 1 atom stereocenters. The van der Waals surface area contributed by atoms with Crippen LogP contribution in [0.2, 0.25) is 0 Å². The first-order chi connectivity index (χ1) is 13.2. The van der Waals surface area contributed by atoms with Gasteiger partial charge in [-0.15, -0.1) is 10.2 Å². The minimum absolute atomic E-state index is 0.0633. The summed E-state index contributed by atoms with van der Waals surface area (Å²) in [5.74, 6) is 0.771. The maximum atomic E-state index is 12.8. The Labute approximate surface area is 161 Å². The molecule has 2 fully saturated rings. The third-order valence-corrected chi connectivity index (χ3v) is 5.85. The topological polar surface area (TPSA) is 87.7 Å². The van der Waals surface area contributed by atoms with Gasteiger partial charge in [-0.2, -0.15) is 0 Å². The van der Waals surface area contributed by atoms with Gasteiger partial charge in [0.25, 0.3) is 0 Å². The van der Waals surface area contributed by atoms with E-state index in [1.54, 1.807) is 12.0 Å². The van der Waals surface area contributed by atoms with Crippen LogP contribution in [-0.2, 0) is 9.59 Å². The number of nitrogens with one attached hydrogen (secondary N) is 1. The fourth-order valence-electron chi connectivity index (χ4n) is 3.45. The van der Waals surface area contributed by atoms with Gasteiger partial charge in [0.1, 0.15) is 11.8 Å². The number of ether oxygens (including phenoxy) is 1. The Morgan fingerprint density at radius 1 is 1.19 bits per heavy atom. The van der Waals surface area contributed by atoms with Crippen molar-refractivity contribution in [2.75, 3.05) is 35.3 Å². The Bertz CT molecular complexity index is 838. The molecule has 4 rings (SSSR count). The monoisotopic (exact) mass is 387 g/mol. The summed E-state index contributed by atoms with van der Waals surface area (Å²) < 4.78 is 5.14. The molecule has 0 radical (unpaired) electrons. The minimum Gasteiger partial charge on any atom is -0.497 e. The van der Waals surface area contributed by atoms with Gasteiger partial charge in [-0.3, -0.25) is 14.5 Å². The third-order valence-electron chi connectivity index (χ3n) is 4.87. The highest BCUT2D eigenvalue weighted by Gasteiger charge is 2.34. The molecule has 0 aliphatic carbocycles. The van der Waals surface area contributed by atoms with E-state index < -0.39 is 0 Å². The zero-order valence-electron chi connectivity index (χ0n) is 15.1. The highest BCUT2D eigenvalue weighted by atomic mass is 32.1. The van der Waals surface area contributed by atoms with Gasteiger partial charge in [-0.05, 0) is 43.5 Å². The number of anilines is 3. The number of nitrogens with zero attached hydrogens (tertiary/aromatic N) is 4. The van der Waals surface area contributed by atoms with Crippen LogP contribution in [-0.4, -0.2) is 48.3 Å². The van der Waals surface area contributed by atoms with Crippen molar-refractivity contribution >= 4 is 39.1 Å². The predicted molar refractivity (Wildman–Crippen MR) is 103 cm³/mol. The molecule has 1 aromatic heterocycles. The SMILES string of the molecule is COc1ccc(NC(=O)C2CCCN2c2nnc(N3CCCC3=O)s2)cc1. The lowest BCUT2D eigenvalue weighted by Crippen LogP contribution is -2.39. The maximum absolute atomic E-state index is 12.8. The van der Waals surface area contributed by atoms with Crippen molar-refractivity contribution in [2.24, 2.45) is 0 Å². The van der Waals surface area contributed by atoms with Crippen LogP contribution in [0.15, 0.2) is 24.3 Å². The van der Waals surface area contributed by atoms with E-state index in [1.807, 2.05) is 29.2 Å². The maximum Gasteiger partial charge on any atom is 0.247 e. The average Bonchev–Trinajstić information content (AvgIpc) is 3.41. The molecule has 0 bridgehead atoms. The lowest BCUT2D eigenvalue weighted by Gasteiger charge is -2.22. The number of aromatic nitrogens is 2. The first-order valence-electron chi connectivity index (χ1n) is 9.01. The number of carbonyl (C=O) groups is 2. The van der Waals surface area contributed by atoms with Gasteiger partial charge in [0, 0.05) is 25.2 Å². The number of amides is 2. The van der Waals surface area contributed by atoms with Gasteiger partial charge in [-0.1, -0.05) is 11.3 Å². The lowest BCUT2D eigenvalue weighted by molar-refractivity contribution is -0.117. The Balaban J connectivity index is 1.46. The summed E-state index contributed by atoms with van der Waals surface area (Å²) in [4.78, 5) is 28.4. The first kappa shape index (κ1) is 17.7. The molecule has 2 aliphatic rings. The number of carbonyl (C=O) groups excluding carboxylic acids is 2. The van der Waals surface area contributed by atoms with Crippen LogP contribution in [0.1, 0.15) is 25.7 Å². The fourth-order valence-corrected chi connectivity index (χ4v) is 4.42. The number of hydrogen-bond acceptors (Lipinski definition) is 7. The Morgan fingerprint density at radius 3 is 2.67 bits per heavy atom. The van der Waals surface area contributed by atoms with Crippen molar-refractivity contribution < 1.29 is 14.3 Å². The molecule has 0 spiro atoms. The zero-order chi connectivity index (χ0) is 18.8. The van der Waals surface area contributed by atoms with Crippen molar-refractivity contribution in [2.45, 2.75) is 31.7 Å². The van der Waals surface area contributed by atoms with E-state index in [1.165, 1.54) is 11.3 Å². The van der Waals surface area contributed by atoms with E-state index in [2.05, 4.69) is 15.5 Å². The van der Waals surface area contributed by atoms with Crippen LogP contribution < -0.4 is 19.9 Å². The second kappa shape index (κ2) is 7.51. The molecular weight excluding hydrogens is 366 g/mol. The second-order valence-corrected chi connectivity index (χ2v) is 7.52. The molecule has 3 heterocycles. The standard InChI is InChI=1S/C18H21N5O3S/c1-26-13-8-6-12(7-9-13)19-16(25)14-4-2-10-22(14)17-20-21-18(27-17)23-11-3-5-15(23)24/h6-9,14H,2-5,10-11H2,1H3,(H,19,25). The van der Waals surface area contributed by atoms with Crippen LogP contribution in [0.3, 0.4) is 0 Å². The molecule has 1 unspecified atom stereocenters. The Morgan fingerprint density at radius 2 is 1.96 bits per heavy atom. The van der Waals surface area contributed by atoms with Crippen LogP contribution in [0.5, 0.6) is 5.75 Å². The van der Waals surface area contributed by atoms with Gasteiger partial charge in [0.15, 0.2) is 0 Å². The summed E-state index contributed by atoms with van der Waals surface area (Å²) in [6.45, 7) is 1.44. The molecule has 27 heavy (non-hydrogen) atoms. The number of hydrogen-bond donors (Lipinski definition) is 1. The van der Waals surface area contributed by atoms with Crippen LogP contribution >= 0.6 is 11.3 Å². The quantitative estimate of drug-likeness (QED) is 0.847. The van der Waals surface area contributed by atoms with Crippen molar-refractivity contribution in [1.29, 1.82) is 0 Å². The van der Waals surface area contributed by atoms with Crippen LogP contribution in [0.25, 0.3) is 0 Å². The Hall–Kier alpha value is -2.68. The molecule has 2 aliphatic heterocycles. The van der Waals surface area contributed by atoms with E-state index >= 15 is 0 Å². The molecule has 8 nitrogen and oxygen atoms in total. The highest BCUT2D eigenvalue weighted by molar-refractivity contribution is 7.19. The molecule has 0 saturated carbocycles. The molecule has 9 heteroatoms. The summed E-state index contributed by atoms with van der Waals surface area (Å²) >= 11 is 1.38. The van der Waals surface area contributed by atoms with Crippen LogP contribution in [0, 0.1) is 0 Å². The first-order valence-corrected chi connectivity index (χ1v) is 9.83. The molecule has 2 aromatic rings. The molecule has 1 N–H and O–H groups in total. The fraction of sp³-hybridized carbons (Fsp3) is 0.444. The smallest absolute Gasteiger partial charge is 0.247 e. The van der Waals surface area contributed by atoms with Gasteiger partial charge in [0.2, 0.25) is 22.1 Å². The summed E-state index contributed by atoms with van der Waals surface area (Å²) in [6, 6.07) is 6.97. The summed E-state index contributed by atoms with van der Waals surface area (Å²) in [5, 5.41) is 12.7. The molecule has 1 aromatic carbocycles. The lowest BCUT2D eigenvalue weighted by atomic mass is 10.2. The Kier molecular flexibility index (Phi) is 4.93. The second-order valence-electron chi connectivity index (χ2n) is 6.59. The van der Waals surface area contributed by atoms with E-state index in [-0.39, 0.29) is 17.9 Å². The van der Waals surface area contributed by atoms with Crippen molar-refractivity contribution in [3.05, 3.63) is 24.3 Å². The van der Waals surface area contributed by atoms with Crippen molar-refractivity contribution in [3.63, 3.8) is 0 Å². The van der Waals surface area contributed by atoms with Crippen molar-refractivity contribution in [3.8, 4) is 5.75 Å². The summed E-state index contributed by atoms with van der Waals surface area (Å²) in [6.07, 6.45) is 3.09. The van der Waals surface area contributed by atoms with Gasteiger partial charge in [0.05, 0.1) is 7.11 Å². The van der Waals surface area contributed by atoms with Crippen LogP contribution in [0.4, 0.5) is 16.0 Å². The molecule has 2 saturated heterocycles. The number of methoxy groups -OCH3 is 1. The van der Waals surface area contributed by atoms with Crippen molar-refractivity contribution in [1.82, 2.24) is 10.2 Å². The summed E-state index contributed by atoms with van der Waals surface area (Å²) in [5.41, 5.74) is 0.730. The number of benzene rings is 1. The molecule has 2 amide bonds. The van der Waals surface area contributed by atoms with E-state index in [4.69, 9.17) is 4.74 Å². The highest BCUT2D eigenvalue weighted by Crippen LogP contribution is 2.34. The third kappa shape index (κ3) is 3.59. The average molecular weight is 387 g/mol. The zero-order valence-corrected chi connectivity index (χ0v) is 15.9. The van der Waals surface area contributed by atoms with E-state index in [0.717, 1.165) is 37.2 Å². The van der Waals surface area contributed by atoms with Gasteiger partial charge in [-0.25, -0.2) is 0 Å². The van der Waals surface area contributed by atoms with Gasteiger partial charge < -0.3 is 15.0 Å². The predicted octanol–water partition coefficient (Wildman–Crippen LogP) is 2.28. The van der Waals surface area contributed by atoms with E-state index in [0.29, 0.717) is 23.2 Å². The van der Waals surface area contributed by atoms with E-state index in [9.17, 15) is 9.59 Å². The largest absolute Gasteiger partial charge is 0.497 e. The molecule has 142 valence electrons. The number of rotatable bonds is 5. The normalized spacial score (nSPS) is 19.6. The molecular formula is C18H21N5O3S. The van der Waals surface area contributed by atoms with Gasteiger partial charge >= 0.3 is 0 Å².